The number of nitrogens with zero attached hydrogens (tertiary/aromatic N) is 3. The molecule has 2 aromatic rings. The van der Waals surface area contributed by atoms with Crippen molar-refractivity contribution in [2.45, 2.75) is 43.5 Å². The summed E-state index contributed by atoms with van der Waals surface area (Å²) in [5.74, 6) is 0.0615. The van der Waals surface area contributed by atoms with Crippen molar-refractivity contribution in [3.8, 4) is 0 Å². The van der Waals surface area contributed by atoms with Gasteiger partial charge in [-0.2, -0.15) is 0 Å². The maximum Gasteiger partial charge on any atom is 0.415 e. The van der Waals surface area contributed by atoms with Crippen molar-refractivity contribution in [2.24, 2.45) is 0 Å². The van der Waals surface area contributed by atoms with Crippen LogP contribution in [0.1, 0.15) is 41.6 Å². The van der Waals surface area contributed by atoms with E-state index in [0.717, 1.165) is 36.3 Å². The van der Waals surface area contributed by atoms with Crippen LogP contribution in [0, 0.1) is 0 Å². The maximum absolute atomic E-state index is 13.7. The summed E-state index contributed by atoms with van der Waals surface area (Å²) in [7, 11) is 0. The van der Waals surface area contributed by atoms with Crippen LogP contribution in [-0.2, 0) is 16.1 Å². The number of nitrogens with one attached hydrogen (secondary N) is 2. The first-order chi connectivity index (χ1) is 18.1. The van der Waals surface area contributed by atoms with E-state index in [1.807, 2.05) is 30.3 Å². The second-order valence-electron chi connectivity index (χ2n) is 10.3. The van der Waals surface area contributed by atoms with E-state index in [0.29, 0.717) is 24.0 Å². The number of hydrogen-bond acceptors (Lipinski definition) is 4. The summed E-state index contributed by atoms with van der Waals surface area (Å²) in [5.41, 5.74) is 9.44. The molecule has 0 aromatic heterocycles. The van der Waals surface area contributed by atoms with E-state index in [4.69, 9.17) is 10.2 Å². The summed E-state index contributed by atoms with van der Waals surface area (Å²) in [6.45, 7) is 10.9. The molecule has 0 spiro atoms. The first-order valence-corrected chi connectivity index (χ1v) is 13.1. The number of carbonyl (C=O) groups is 2. The van der Waals surface area contributed by atoms with Gasteiger partial charge in [0, 0.05) is 31.8 Å². The molecule has 1 saturated heterocycles. The van der Waals surface area contributed by atoms with E-state index in [2.05, 4.69) is 30.6 Å². The van der Waals surface area contributed by atoms with Crippen LogP contribution < -0.4 is 20.1 Å². The molecular weight excluding hydrogens is 466 g/mol. The minimum atomic E-state index is -0.430. The Labute approximate surface area is 217 Å². The maximum atomic E-state index is 13.7. The van der Waals surface area contributed by atoms with E-state index in [1.165, 1.54) is 23.9 Å². The Bertz CT molecular complexity index is 1240. The monoisotopic (exact) mass is 499 g/mol. The third kappa shape index (κ3) is 4.45. The molecule has 0 bridgehead atoms. The van der Waals surface area contributed by atoms with Crippen LogP contribution in [-0.4, -0.2) is 50.3 Å². The van der Waals surface area contributed by atoms with Crippen molar-refractivity contribution >= 4 is 23.4 Å². The van der Waals surface area contributed by atoms with E-state index in [1.54, 1.807) is 15.9 Å². The highest BCUT2D eigenvalue weighted by Gasteiger charge is 2.38. The molecule has 2 amide bonds. The lowest BCUT2D eigenvalue weighted by Crippen LogP contribution is -3.07. The van der Waals surface area contributed by atoms with Crippen LogP contribution in [0.5, 0.6) is 0 Å². The lowest BCUT2D eigenvalue weighted by Gasteiger charge is -2.41. The first kappa shape index (κ1) is 23.9. The van der Waals surface area contributed by atoms with Gasteiger partial charge in [0.2, 0.25) is 0 Å². The Morgan fingerprint density at radius 1 is 1.14 bits per heavy atom. The fourth-order valence-corrected chi connectivity index (χ4v) is 5.79. The summed E-state index contributed by atoms with van der Waals surface area (Å²) in [4.78, 5) is 29.9. The number of hydrogen-bond donors (Lipinski definition) is 2. The van der Waals surface area contributed by atoms with E-state index in [-0.39, 0.29) is 24.5 Å². The smallest absolute Gasteiger partial charge is 0.415 e. The second-order valence-corrected chi connectivity index (χ2v) is 10.3. The lowest BCUT2D eigenvalue weighted by atomic mass is 9.96. The van der Waals surface area contributed by atoms with Crippen molar-refractivity contribution in [2.75, 3.05) is 36.0 Å². The van der Waals surface area contributed by atoms with Crippen molar-refractivity contribution in [1.29, 1.82) is 0 Å². The molecule has 2 N–H and O–H groups in total. The number of rotatable bonds is 5. The van der Waals surface area contributed by atoms with Gasteiger partial charge in [-0.05, 0) is 34.9 Å². The zero-order chi connectivity index (χ0) is 25.5. The molecule has 3 aliphatic heterocycles. The van der Waals surface area contributed by atoms with Crippen LogP contribution in [0.15, 0.2) is 67.8 Å². The van der Waals surface area contributed by atoms with Gasteiger partial charge in [0.15, 0.2) is 0 Å². The quantitative estimate of drug-likeness (QED) is 0.490. The second kappa shape index (κ2) is 9.78. The molecule has 3 heterocycles. The predicted octanol–water partition coefficient (Wildman–Crippen LogP) is 2.99. The Balaban J connectivity index is 1.33. The number of carbonyl (C=O) groups excluding carboxylic acids is 2. The zero-order valence-corrected chi connectivity index (χ0v) is 20.9. The highest BCUT2D eigenvalue weighted by atomic mass is 16.6. The molecule has 192 valence electrons. The molecule has 1 saturated carbocycles. The average Bonchev–Trinajstić information content (AvgIpc) is 3.67. The van der Waals surface area contributed by atoms with E-state index in [9.17, 15) is 9.59 Å². The van der Waals surface area contributed by atoms with Crippen LogP contribution in [0.3, 0.4) is 0 Å². The zero-order valence-electron chi connectivity index (χ0n) is 20.9. The molecule has 4 aliphatic rings. The Kier molecular flexibility index (Phi) is 6.32. The van der Waals surface area contributed by atoms with Crippen LogP contribution in [0.2, 0.25) is 0 Å². The minimum absolute atomic E-state index is 0.224. The summed E-state index contributed by atoms with van der Waals surface area (Å²) < 4.78 is 6.10. The SMILES string of the molecule is C=CC(=O)N1c2ccc(C3C[N-][NH+](C4CC4)C3)cc2N(C(=O)OC2CNCc3ccccc32)C[C@@H]1C=C. The summed E-state index contributed by atoms with van der Waals surface area (Å²) in [6.07, 6.45) is 4.68. The molecule has 2 fully saturated rings. The van der Waals surface area contributed by atoms with Gasteiger partial charge in [0.25, 0.3) is 5.91 Å². The molecule has 1 aliphatic carbocycles. The molecule has 4 atom stereocenters. The number of ether oxygens (including phenoxy) is 1. The molecular formula is C29H33N5O3. The molecule has 2 aromatic carbocycles. The first-order valence-electron chi connectivity index (χ1n) is 13.1. The number of benzene rings is 2. The summed E-state index contributed by atoms with van der Waals surface area (Å²) in [5, 5.41) is 4.68. The van der Waals surface area contributed by atoms with Crippen LogP contribution >= 0.6 is 0 Å². The summed E-state index contributed by atoms with van der Waals surface area (Å²) >= 11 is 0. The largest absolute Gasteiger partial charge is 0.453 e. The number of fused-ring (bicyclic) bond motifs is 2. The average molecular weight is 500 g/mol. The van der Waals surface area contributed by atoms with Crippen molar-refractivity contribution in [3.05, 3.63) is 89.9 Å². The fraction of sp³-hybridized carbons (Fsp3) is 0.379. The predicted molar refractivity (Wildman–Crippen MR) is 143 cm³/mol. The third-order valence-electron chi connectivity index (χ3n) is 7.94. The van der Waals surface area contributed by atoms with Crippen molar-refractivity contribution in [3.63, 3.8) is 0 Å². The molecule has 6 rings (SSSR count). The molecule has 8 nitrogen and oxygen atoms in total. The number of anilines is 2. The van der Waals surface area contributed by atoms with Crippen molar-refractivity contribution < 1.29 is 19.3 Å². The molecule has 37 heavy (non-hydrogen) atoms. The highest BCUT2D eigenvalue weighted by Crippen LogP contribution is 2.40. The number of quaternary nitrogens is 1. The summed E-state index contributed by atoms with van der Waals surface area (Å²) in [6, 6.07) is 14.3. The van der Waals surface area contributed by atoms with Crippen LogP contribution in [0.25, 0.3) is 5.43 Å². The van der Waals surface area contributed by atoms with Gasteiger partial charge >= 0.3 is 6.09 Å². The van der Waals surface area contributed by atoms with Gasteiger partial charge in [-0.3, -0.25) is 14.6 Å². The standard InChI is InChI=1S/C29H33N5O3/c1-3-22-18-32(29(36)37-27-16-30-14-20-7-5-6-8-24(20)27)26-13-19(9-12-25(26)34(22)28(35)4-2)21-15-31-33(17-21)23-10-11-23/h3-9,12-13,21-23,27,30,33H,1-2,10-11,14-18H2/t21?,22-,27?/m0/s1. The minimum Gasteiger partial charge on any atom is -0.453 e. The Morgan fingerprint density at radius 3 is 2.76 bits per heavy atom. The van der Waals surface area contributed by atoms with Gasteiger partial charge in [-0.15, -0.1) is 6.58 Å². The van der Waals surface area contributed by atoms with E-state index >= 15 is 0 Å². The van der Waals surface area contributed by atoms with Gasteiger partial charge < -0.3 is 20.5 Å². The van der Waals surface area contributed by atoms with Gasteiger partial charge in [-0.25, -0.2) is 4.79 Å². The lowest BCUT2D eigenvalue weighted by molar-refractivity contribution is -0.864. The fourth-order valence-electron chi connectivity index (χ4n) is 5.79. The van der Waals surface area contributed by atoms with E-state index < -0.39 is 12.1 Å². The normalized spacial score (nSPS) is 26.7. The molecule has 0 radical (unpaired) electrons. The number of amides is 2. The van der Waals surface area contributed by atoms with Gasteiger partial charge in [0.1, 0.15) is 6.10 Å². The van der Waals surface area contributed by atoms with Gasteiger partial charge in [-0.1, -0.05) is 49.5 Å². The third-order valence-corrected chi connectivity index (χ3v) is 7.94. The topological polar surface area (TPSA) is 80.4 Å². The Morgan fingerprint density at radius 2 is 1.97 bits per heavy atom. The highest BCUT2D eigenvalue weighted by molar-refractivity contribution is 6.07. The Hall–Kier alpha value is -3.46. The molecule has 8 heteroatoms. The molecule has 3 unspecified atom stereocenters. The van der Waals surface area contributed by atoms with Gasteiger partial charge in [0.05, 0.1) is 36.5 Å². The van der Waals surface area contributed by atoms with Crippen molar-refractivity contribution in [1.82, 2.24) is 5.32 Å². The van der Waals surface area contributed by atoms with Crippen LogP contribution in [0.4, 0.5) is 16.2 Å².